The first-order chi connectivity index (χ1) is 14.9. The Labute approximate surface area is 186 Å². The Hall–Kier alpha value is -3.38. The van der Waals surface area contributed by atoms with Gasteiger partial charge >= 0.3 is 5.97 Å². The van der Waals surface area contributed by atoms with Gasteiger partial charge in [0.25, 0.3) is 0 Å². The number of nitrogens with zero attached hydrogens (tertiary/aromatic N) is 2. The number of benzene rings is 2. The SMILES string of the molecule is COc1ccc(C(C)=O)cc1COC(=O)/C=C/c1c(C)nn(Cc2ccccc2)c1Cl. The van der Waals surface area contributed by atoms with Crippen molar-refractivity contribution in [2.24, 2.45) is 0 Å². The molecule has 3 rings (SSSR count). The third-order valence-electron chi connectivity index (χ3n) is 4.73. The van der Waals surface area contributed by atoms with E-state index in [1.807, 2.05) is 37.3 Å². The van der Waals surface area contributed by atoms with Gasteiger partial charge in [-0.3, -0.25) is 4.79 Å². The molecule has 0 atom stereocenters. The summed E-state index contributed by atoms with van der Waals surface area (Å²) in [7, 11) is 1.52. The molecule has 3 aromatic rings. The summed E-state index contributed by atoms with van der Waals surface area (Å²) in [6.07, 6.45) is 2.90. The molecule has 7 heteroatoms. The van der Waals surface area contributed by atoms with Crippen molar-refractivity contribution in [2.45, 2.75) is 27.0 Å². The molecule has 0 aliphatic carbocycles. The molecule has 0 aliphatic heterocycles. The number of hydrogen-bond acceptors (Lipinski definition) is 5. The van der Waals surface area contributed by atoms with E-state index in [-0.39, 0.29) is 12.4 Å². The van der Waals surface area contributed by atoms with Crippen LogP contribution in [0.5, 0.6) is 5.75 Å². The Kier molecular flexibility index (Phi) is 7.26. The van der Waals surface area contributed by atoms with E-state index >= 15 is 0 Å². The van der Waals surface area contributed by atoms with Gasteiger partial charge < -0.3 is 9.47 Å². The smallest absolute Gasteiger partial charge is 0.331 e. The van der Waals surface area contributed by atoms with Gasteiger partial charge in [0.15, 0.2) is 5.78 Å². The number of hydrogen-bond donors (Lipinski definition) is 0. The van der Waals surface area contributed by atoms with Crippen LogP contribution in [0, 0.1) is 6.92 Å². The fourth-order valence-corrected chi connectivity index (χ4v) is 3.37. The minimum atomic E-state index is -0.540. The van der Waals surface area contributed by atoms with Crippen molar-refractivity contribution in [3.63, 3.8) is 0 Å². The maximum absolute atomic E-state index is 12.2. The summed E-state index contributed by atoms with van der Waals surface area (Å²) in [6, 6.07) is 14.9. The molecule has 0 amide bonds. The Balaban J connectivity index is 1.68. The molecule has 0 fully saturated rings. The van der Waals surface area contributed by atoms with Crippen LogP contribution in [-0.4, -0.2) is 28.6 Å². The monoisotopic (exact) mass is 438 g/mol. The van der Waals surface area contributed by atoms with Crippen LogP contribution >= 0.6 is 11.6 Å². The number of methoxy groups -OCH3 is 1. The van der Waals surface area contributed by atoms with E-state index in [0.717, 1.165) is 5.56 Å². The predicted molar refractivity (Wildman–Crippen MR) is 119 cm³/mol. The van der Waals surface area contributed by atoms with Gasteiger partial charge in [-0.15, -0.1) is 0 Å². The van der Waals surface area contributed by atoms with Crippen LogP contribution in [0.25, 0.3) is 6.08 Å². The van der Waals surface area contributed by atoms with Crippen LogP contribution in [0.4, 0.5) is 0 Å². The van der Waals surface area contributed by atoms with Gasteiger partial charge in [0, 0.05) is 22.8 Å². The first-order valence-corrected chi connectivity index (χ1v) is 10.1. The van der Waals surface area contributed by atoms with Gasteiger partial charge in [-0.05, 0) is 43.7 Å². The van der Waals surface area contributed by atoms with Gasteiger partial charge in [-0.25, -0.2) is 9.48 Å². The molecule has 1 heterocycles. The summed E-state index contributed by atoms with van der Waals surface area (Å²) < 4.78 is 12.3. The van der Waals surface area contributed by atoms with Crippen LogP contribution in [0.2, 0.25) is 5.15 Å². The number of ketones is 1. The molecule has 0 bridgehead atoms. The predicted octanol–water partition coefficient (Wildman–Crippen LogP) is 4.86. The molecule has 0 saturated heterocycles. The van der Waals surface area contributed by atoms with Gasteiger partial charge in [-0.2, -0.15) is 5.10 Å². The van der Waals surface area contributed by atoms with E-state index in [0.29, 0.717) is 39.8 Å². The van der Waals surface area contributed by atoms with Crippen LogP contribution in [0.1, 0.15) is 39.7 Å². The quantitative estimate of drug-likeness (QED) is 0.285. The summed E-state index contributed by atoms with van der Waals surface area (Å²) in [4.78, 5) is 23.8. The molecule has 0 N–H and O–H groups in total. The second kappa shape index (κ2) is 10.1. The number of esters is 1. The zero-order valence-electron chi connectivity index (χ0n) is 17.6. The molecule has 0 unspecified atom stereocenters. The highest BCUT2D eigenvalue weighted by atomic mass is 35.5. The zero-order valence-corrected chi connectivity index (χ0v) is 18.3. The lowest BCUT2D eigenvalue weighted by Crippen LogP contribution is -2.04. The molecular formula is C24H23ClN2O4. The van der Waals surface area contributed by atoms with Crippen LogP contribution < -0.4 is 4.74 Å². The number of Topliss-reactive ketones (excluding diaryl/α,β-unsaturated/α-hetero) is 1. The van der Waals surface area contributed by atoms with Crippen molar-refractivity contribution < 1.29 is 19.1 Å². The van der Waals surface area contributed by atoms with Crippen molar-refractivity contribution >= 4 is 29.4 Å². The zero-order chi connectivity index (χ0) is 22.4. The molecule has 2 aromatic carbocycles. The van der Waals surface area contributed by atoms with Gasteiger partial charge in [-0.1, -0.05) is 41.9 Å². The topological polar surface area (TPSA) is 70.4 Å². The van der Waals surface area contributed by atoms with Crippen molar-refractivity contribution in [2.75, 3.05) is 7.11 Å². The molecule has 31 heavy (non-hydrogen) atoms. The van der Waals surface area contributed by atoms with E-state index in [2.05, 4.69) is 5.10 Å². The molecular weight excluding hydrogens is 416 g/mol. The standard InChI is InChI=1S/C24H23ClN2O4/c1-16-21(24(25)27(26-16)14-18-7-5-4-6-8-18)10-12-23(29)31-15-20-13-19(17(2)28)9-11-22(20)30-3/h4-13H,14-15H2,1-3H3/b12-10+. The number of ether oxygens (including phenoxy) is 2. The summed E-state index contributed by atoms with van der Waals surface area (Å²) in [5, 5.41) is 4.90. The van der Waals surface area contributed by atoms with Crippen LogP contribution in [0.15, 0.2) is 54.6 Å². The number of carbonyl (C=O) groups is 2. The third-order valence-corrected chi connectivity index (χ3v) is 5.13. The molecule has 160 valence electrons. The molecule has 0 saturated carbocycles. The fraction of sp³-hybridized carbons (Fsp3) is 0.208. The summed E-state index contributed by atoms with van der Waals surface area (Å²) >= 11 is 6.47. The largest absolute Gasteiger partial charge is 0.496 e. The Bertz CT molecular complexity index is 1120. The summed E-state index contributed by atoms with van der Waals surface area (Å²) in [5.41, 5.74) is 3.58. The Morgan fingerprint density at radius 3 is 2.58 bits per heavy atom. The number of carbonyl (C=O) groups excluding carboxylic acids is 2. The lowest BCUT2D eigenvalue weighted by atomic mass is 10.1. The van der Waals surface area contributed by atoms with Crippen molar-refractivity contribution in [1.29, 1.82) is 0 Å². The van der Waals surface area contributed by atoms with Crippen LogP contribution in [-0.2, 0) is 22.7 Å². The lowest BCUT2D eigenvalue weighted by molar-refractivity contribution is -0.138. The number of rotatable bonds is 8. The van der Waals surface area contributed by atoms with Crippen molar-refractivity contribution in [3.8, 4) is 5.75 Å². The Morgan fingerprint density at radius 1 is 1.16 bits per heavy atom. The van der Waals surface area contributed by atoms with E-state index in [1.165, 1.54) is 20.1 Å². The Morgan fingerprint density at radius 2 is 1.90 bits per heavy atom. The highest BCUT2D eigenvalue weighted by Gasteiger charge is 2.13. The highest BCUT2D eigenvalue weighted by molar-refractivity contribution is 6.31. The molecule has 6 nitrogen and oxygen atoms in total. The van der Waals surface area contributed by atoms with Crippen molar-refractivity contribution in [1.82, 2.24) is 9.78 Å². The average molecular weight is 439 g/mol. The first-order valence-electron chi connectivity index (χ1n) is 9.68. The highest BCUT2D eigenvalue weighted by Crippen LogP contribution is 2.23. The van der Waals surface area contributed by atoms with Crippen molar-refractivity contribution in [3.05, 3.63) is 87.7 Å². The number of halogens is 1. The maximum atomic E-state index is 12.2. The number of aromatic nitrogens is 2. The second-order valence-corrected chi connectivity index (χ2v) is 7.32. The number of aryl methyl sites for hydroxylation is 1. The van der Waals surface area contributed by atoms with E-state index in [9.17, 15) is 9.59 Å². The molecule has 1 aromatic heterocycles. The minimum absolute atomic E-state index is 0.0204. The maximum Gasteiger partial charge on any atom is 0.331 e. The van der Waals surface area contributed by atoms with Gasteiger partial charge in [0.1, 0.15) is 17.5 Å². The molecule has 0 spiro atoms. The fourth-order valence-electron chi connectivity index (χ4n) is 3.08. The molecule has 0 aliphatic rings. The molecule has 0 radical (unpaired) electrons. The van der Waals surface area contributed by atoms with Crippen LogP contribution in [0.3, 0.4) is 0 Å². The third kappa shape index (κ3) is 5.61. The normalized spacial score (nSPS) is 11.0. The lowest BCUT2D eigenvalue weighted by Gasteiger charge is -2.09. The summed E-state index contributed by atoms with van der Waals surface area (Å²) in [5.74, 6) is -0.0721. The van der Waals surface area contributed by atoms with Gasteiger partial charge in [0.05, 0.1) is 19.3 Å². The minimum Gasteiger partial charge on any atom is -0.496 e. The summed E-state index contributed by atoms with van der Waals surface area (Å²) in [6.45, 7) is 3.82. The van der Waals surface area contributed by atoms with Gasteiger partial charge in [0.2, 0.25) is 0 Å². The average Bonchev–Trinajstić information content (AvgIpc) is 3.03. The van der Waals surface area contributed by atoms with E-state index < -0.39 is 5.97 Å². The first kappa shape index (κ1) is 22.3. The second-order valence-electron chi connectivity index (χ2n) is 6.96. The van der Waals surface area contributed by atoms with E-state index in [1.54, 1.807) is 29.0 Å². The van der Waals surface area contributed by atoms with E-state index in [4.69, 9.17) is 21.1 Å².